The molecule has 0 spiro atoms. The van der Waals surface area contributed by atoms with Crippen molar-refractivity contribution in [2.75, 3.05) is 7.11 Å². The smallest absolute Gasteiger partial charge is 0.408 e. The largest absolute Gasteiger partial charge is 0.497 e. The van der Waals surface area contributed by atoms with E-state index in [1.807, 2.05) is 30.3 Å². The predicted octanol–water partition coefficient (Wildman–Crippen LogP) is 5.00. The summed E-state index contributed by atoms with van der Waals surface area (Å²) in [6, 6.07) is 18.2. The molecule has 0 radical (unpaired) electrons. The summed E-state index contributed by atoms with van der Waals surface area (Å²) in [5.41, 5.74) is -0.161. The maximum absolute atomic E-state index is 13.1. The van der Waals surface area contributed by atoms with Crippen molar-refractivity contribution in [3.8, 4) is 11.5 Å². The van der Waals surface area contributed by atoms with Crippen molar-refractivity contribution in [2.45, 2.75) is 38.8 Å². The van der Waals surface area contributed by atoms with Crippen molar-refractivity contribution in [1.82, 2.24) is 5.32 Å². The van der Waals surface area contributed by atoms with E-state index in [0.717, 1.165) is 5.56 Å². The zero-order chi connectivity index (χ0) is 25.9. The third-order valence-corrected chi connectivity index (χ3v) is 5.37. The van der Waals surface area contributed by atoms with Crippen molar-refractivity contribution in [2.24, 2.45) is 0 Å². The quantitative estimate of drug-likeness (QED) is 0.176. The van der Waals surface area contributed by atoms with Gasteiger partial charge in [0.25, 0.3) is 0 Å². The molecule has 0 bridgehead atoms. The molecule has 1 unspecified atom stereocenters. The van der Waals surface area contributed by atoms with Crippen LogP contribution in [0.1, 0.15) is 26.3 Å². The zero-order valence-electron chi connectivity index (χ0n) is 20.5. The molecule has 4 aromatic rings. The second kappa shape index (κ2) is 10.1. The minimum Gasteiger partial charge on any atom is -0.497 e. The predicted molar refractivity (Wildman–Crippen MR) is 135 cm³/mol. The van der Waals surface area contributed by atoms with Gasteiger partial charge in [-0.2, -0.15) is 0 Å². The highest BCUT2D eigenvalue weighted by molar-refractivity contribution is 6.05. The standard InChI is InChI=1S/C28H27NO7/c1-28(2,3)36-27(32)29-23(14-17-8-6-5-7-9-17)26(31)34-19-11-13-21-20-12-10-18(33-4)15-22(20)25(30)35-24(21)16-19/h5-13,15-16,23H,14H2,1-4H3,(H,29,32). The second-order valence-corrected chi connectivity index (χ2v) is 9.27. The van der Waals surface area contributed by atoms with Gasteiger partial charge in [0.2, 0.25) is 0 Å². The minimum absolute atomic E-state index is 0.174. The zero-order valence-corrected chi connectivity index (χ0v) is 20.5. The highest BCUT2D eigenvalue weighted by atomic mass is 16.6. The average Bonchev–Trinajstić information content (AvgIpc) is 2.83. The summed E-state index contributed by atoms with van der Waals surface area (Å²) in [6.07, 6.45) is -0.527. The first kappa shape index (κ1) is 24.8. The van der Waals surface area contributed by atoms with Gasteiger partial charge in [0, 0.05) is 23.3 Å². The topological polar surface area (TPSA) is 104 Å². The molecule has 8 heteroatoms. The SMILES string of the molecule is COc1ccc2c(c1)c(=O)oc1cc(OC(=O)C(Cc3ccccc3)NC(=O)OC(C)(C)C)ccc12. The molecule has 0 aliphatic heterocycles. The van der Waals surface area contributed by atoms with Gasteiger partial charge >= 0.3 is 17.7 Å². The van der Waals surface area contributed by atoms with E-state index >= 15 is 0 Å². The van der Waals surface area contributed by atoms with Crippen LogP contribution in [0.3, 0.4) is 0 Å². The Balaban J connectivity index is 1.61. The Morgan fingerprint density at radius 3 is 2.31 bits per heavy atom. The Bertz CT molecular complexity index is 1470. The van der Waals surface area contributed by atoms with E-state index < -0.39 is 29.3 Å². The fourth-order valence-corrected chi connectivity index (χ4v) is 3.76. The first-order valence-corrected chi connectivity index (χ1v) is 11.4. The second-order valence-electron chi connectivity index (χ2n) is 9.27. The Morgan fingerprint density at radius 1 is 0.917 bits per heavy atom. The Labute approximate surface area is 207 Å². The number of ether oxygens (including phenoxy) is 3. The number of rotatable bonds is 6. The Kier molecular flexibility index (Phi) is 6.96. The van der Waals surface area contributed by atoms with Crippen LogP contribution in [-0.4, -0.2) is 30.8 Å². The van der Waals surface area contributed by atoms with E-state index in [2.05, 4.69) is 5.32 Å². The molecular formula is C28H27NO7. The summed E-state index contributed by atoms with van der Waals surface area (Å²) < 4.78 is 21.6. The highest BCUT2D eigenvalue weighted by Gasteiger charge is 2.26. The number of amides is 1. The number of nitrogens with one attached hydrogen (secondary N) is 1. The fourth-order valence-electron chi connectivity index (χ4n) is 3.76. The maximum Gasteiger partial charge on any atom is 0.408 e. The van der Waals surface area contributed by atoms with Gasteiger partial charge < -0.3 is 23.9 Å². The average molecular weight is 490 g/mol. The number of hydrogen-bond donors (Lipinski definition) is 1. The van der Waals surface area contributed by atoms with Gasteiger partial charge in [0.1, 0.15) is 28.7 Å². The van der Waals surface area contributed by atoms with Crippen molar-refractivity contribution < 1.29 is 28.2 Å². The van der Waals surface area contributed by atoms with Crippen LogP contribution in [0.5, 0.6) is 11.5 Å². The summed E-state index contributed by atoms with van der Waals surface area (Å²) in [7, 11) is 1.52. The van der Waals surface area contributed by atoms with E-state index in [9.17, 15) is 14.4 Å². The van der Waals surface area contributed by atoms with Gasteiger partial charge in [-0.3, -0.25) is 0 Å². The van der Waals surface area contributed by atoms with E-state index in [4.69, 9.17) is 18.6 Å². The van der Waals surface area contributed by atoms with Crippen LogP contribution in [0.15, 0.2) is 75.9 Å². The van der Waals surface area contributed by atoms with Gasteiger partial charge in [-0.25, -0.2) is 14.4 Å². The summed E-state index contributed by atoms with van der Waals surface area (Å²) in [5, 5.41) is 4.36. The monoisotopic (exact) mass is 489 g/mol. The lowest BCUT2D eigenvalue weighted by molar-refractivity contribution is -0.136. The lowest BCUT2D eigenvalue weighted by atomic mass is 10.1. The molecule has 1 heterocycles. The van der Waals surface area contributed by atoms with Crippen LogP contribution in [-0.2, 0) is 16.0 Å². The molecule has 4 rings (SSSR count). The van der Waals surface area contributed by atoms with Crippen LogP contribution < -0.4 is 20.4 Å². The van der Waals surface area contributed by atoms with Crippen LogP contribution in [0.4, 0.5) is 4.79 Å². The van der Waals surface area contributed by atoms with Crippen LogP contribution in [0.25, 0.3) is 21.7 Å². The lowest BCUT2D eigenvalue weighted by Crippen LogP contribution is -2.46. The summed E-state index contributed by atoms with van der Waals surface area (Å²) >= 11 is 0. The van der Waals surface area contributed by atoms with Crippen LogP contribution >= 0.6 is 0 Å². The van der Waals surface area contributed by atoms with Gasteiger partial charge in [0.05, 0.1) is 12.5 Å². The van der Waals surface area contributed by atoms with Crippen molar-refractivity contribution in [3.63, 3.8) is 0 Å². The summed E-state index contributed by atoms with van der Waals surface area (Å²) in [5.74, 6) is 0.0335. The Hall–Kier alpha value is -4.33. The molecule has 1 atom stereocenters. The van der Waals surface area contributed by atoms with E-state index in [1.54, 1.807) is 51.1 Å². The molecule has 186 valence electrons. The molecular weight excluding hydrogens is 462 g/mol. The van der Waals surface area contributed by atoms with E-state index in [1.165, 1.54) is 13.2 Å². The van der Waals surface area contributed by atoms with Gasteiger partial charge in [-0.15, -0.1) is 0 Å². The highest BCUT2D eigenvalue weighted by Crippen LogP contribution is 2.28. The molecule has 0 saturated heterocycles. The molecule has 36 heavy (non-hydrogen) atoms. The molecule has 1 aromatic heterocycles. The molecule has 0 saturated carbocycles. The number of alkyl carbamates (subject to hydrolysis) is 1. The molecule has 1 amide bonds. The third-order valence-electron chi connectivity index (χ3n) is 5.37. The van der Waals surface area contributed by atoms with E-state index in [-0.39, 0.29) is 17.8 Å². The van der Waals surface area contributed by atoms with Crippen molar-refractivity contribution >= 4 is 33.8 Å². The van der Waals surface area contributed by atoms with Gasteiger partial charge in [0.15, 0.2) is 0 Å². The summed E-state index contributed by atoms with van der Waals surface area (Å²) in [4.78, 5) is 38.1. The molecule has 1 N–H and O–H groups in total. The van der Waals surface area contributed by atoms with Crippen molar-refractivity contribution in [3.05, 3.63) is 82.7 Å². The molecule has 3 aromatic carbocycles. The number of carbonyl (C=O) groups is 2. The number of fused-ring (bicyclic) bond motifs is 3. The molecule has 0 aliphatic carbocycles. The molecule has 0 fully saturated rings. The third kappa shape index (κ3) is 5.83. The van der Waals surface area contributed by atoms with Crippen LogP contribution in [0.2, 0.25) is 0 Å². The van der Waals surface area contributed by atoms with Gasteiger partial charge in [-0.1, -0.05) is 30.3 Å². The Morgan fingerprint density at radius 2 is 1.61 bits per heavy atom. The summed E-state index contributed by atoms with van der Waals surface area (Å²) in [6.45, 7) is 5.21. The fraction of sp³-hybridized carbons (Fsp3) is 0.250. The number of hydrogen-bond acceptors (Lipinski definition) is 7. The number of esters is 1. The van der Waals surface area contributed by atoms with Crippen LogP contribution in [0, 0.1) is 0 Å². The van der Waals surface area contributed by atoms with Gasteiger partial charge in [-0.05, 0) is 56.7 Å². The molecule has 8 nitrogen and oxygen atoms in total. The number of benzene rings is 3. The number of carbonyl (C=O) groups excluding carboxylic acids is 2. The van der Waals surface area contributed by atoms with Crippen molar-refractivity contribution in [1.29, 1.82) is 0 Å². The first-order valence-electron chi connectivity index (χ1n) is 11.4. The maximum atomic E-state index is 13.1. The minimum atomic E-state index is -1.01. The lowest BCUT2D eigenvalue weighted by Gasteiger charge is -2.23. The molecule has 0 aliphatic rings. The first-order chi connectivity index (χ1) is 17.1. The van der Waals surface area contributed by atoms with E-state index in [0.29, 0.717) is 21.9 Å². The number of methoxy groups -OCH3 is 1. The normalized spacial score (nSPS) is 12.2.